The first-order valence-corrected chi connectivity index (χ1v) is 5.78. The molecule has 2 unspecified atom stereocenters. The molecule has 2 rings (SSSR count). The highest BCUT2D eigenvalue weighted by atomic mass is 16.2. The number of carbonyl (C=O) groups is 1. The van der Waals surface area contributed by atoms with Crippen LogP contribution in [0.1, 0.15) is 25.7 Å². The third kappa shape index (κ3) is 2.09. The van der Waals surface area contributed by atoms with Crippen LogP contribution in [0.3, 0.4) is 0 Å². The molecule has 0 spiro atoms. The van der Waals surface area contributed by atoms with Gasteiger partial charge in [0.2, 0.25) is 0 Å². The van der Waals surface area contributed by atoms with Crippen LogP contribution in [0.5, 0.6) is 0 Å². The summed E-state index contributed by atoms with van der Waals surface area (Å²) in [6, 6.07) is 1.84. The van der Waals surface area contributed by atoms with E-state index in [2.05, 4.69) is 5.32 Å². The average molecular weight is 211 g/mol. The summed E-state index contributed by atoms with van der Waals surface area (Å²) in [4.78, 5) is 15.4. The normalized spacial score (nSPS) is 33.9. The number of nitrogens with one attached hydrogen (secondary N) is 1. The molecule has 2 heterocycles. The minimum Gasteiger partial charge on any atom is -0.331 e. The Hall–Kier alpha value is -0.770. The lowest BCUT2D eigenvalue weighted by Crippen LogP contribution is -2.50. The second kappa shape index (κ2) is 4.00. The lowest BCUT2D eigenvalue weighted by atomic mass is 9.99. The Kier molecular flexibility index (Phi) is 2.87. The molecule has 15 heavy (non-hydrogen) atoms. The lowest BCUT2D eigenvalue weighted by molar-refractivity contribution is 0.143. The maximum Gasteiger partial charge on any atom is 0.319 e. The zero-order valence-electron chi connectivity index (χ0n) is 9.86. The van der Waals surface area contributed by atoms with Gasteiger partial charge in [0.1, 0.15) is 0 Å². The van der Waals surface area contributed by atoms with Gasteiger partial charge in [-0.3, -0.25) is 0 Å². The third-order valence-corrected chi connectivity index (χ3v) is 3.68. The summed E-state index contributed by atoms with van der Waals surface area (Å²) in [7, 11) is 5.56. The zero-order chi connectivity index (χ0) is 11.0. The van der Waals surface area contributed by atoms with Gasteiger partial charge in [0, 0.05) is 39.3 Å². The van der Waals surface area contributed by atoms with Crippen molar-refractivity contribution in [3.63, 3.8) is 0 Å². The Morgan fingerprint density at radius 1 is 1.13 bits per heavy atom. The summed E-state index contributed by atoms with van der Waals surface area (Å²) in [6.45, 7) is 0. The third-order valence-electron chi connectivity index (χ3n) is 3.68. The van der Waals surface area contributed by atoms with Crippen molar-refractivity contribution < 1.29 is 4.79 Å². The summed E-state index contributed by atoms with van der Waals surface area (Å²) in [5, 5.41) is 3.59. The van der Waals surface area contributed by atoms with E-state index in [0.717, 1.165) is 12.8 Å². The van der Waals surface area contributed by atoms with Crippen molar-refractivity contribution in [3.8, 4) is 0 Å². The average Bonchev–Trinajstić information content (AvgIpc) is 2.55. The van der Waals surface area contributed by atoms with Crippen LogP contribution in [0.2, 0.25) is 0 Å². The molecular formula is C11H21N3O. The molecule has 2 bridgehead atoms. The first kappa shape index (κ1) is 10.7. The van der Waals surface area contributed by atoms with Crippen LogP contribution in [-0.2, 0) is 0 Å². The number of hydrogen-bond acceptors (Lipinski definition) is 2. The number of fused-ring (bicyclic) bond motifs is 2. The number of rotatable bonds is 1. The van der Waals surface area contributed by atoms with Crippen LogP contribution < -0.4 is 5.32 Å². The molecule has 4 nitrogen and oxygen atoms in total. The summed E-state index contributed by atoms with van der Waals surface area (Å²) in [5.41, 5.74) is 0. The molecule has 86 valence electrons. The summed E-state index contributed by atoms with van der Waals surface area (Å²) >= 11 is 0. The van der Waals surface area contributed by atoms with Crippen molar-refractivity contribution in [2.45, 2.75) is 43.8 Å². The van der Waals surface area contributed by atoms with E-state index in [1.54, 1.807) is 4.90 Å². The van der Waals surface area contributed by atoms with E-state index in [0.29, 0.717) is 18.1 Å². The van der Waals surface area contributed by atoms with E-state index in [1.807, 2.05) is 26.0 Å². The maximum atomic E-state index is 11.8. The molecule has 2 saturated heterocycles. The molecular weight excluding hydrogens is 190 g/mol. The van der Waals surface area contributed by atoms with E-state index in [9.17, 15) is 4.79 Å². The molecule has 0 aromatic heterocycles. The van der Waals surface area contributed by atoms with Crippen molar-refractivity contribution in [1.29, 1.82) is 0 Å². The fourth-order valence-corrected chi connectivity index (χ4v) is 2.82. The topological polar surface area (TPSA) is 35.6 Å². The van der Waals surface area contributed by atoms with E-state index in [-0.39, 0.29) is 6.03 Å². The number of nitrogens with zero attached hydrogens (tertiary/aromatic N) is 2. The predicted octanol–water partition coefficient (Wildman–Crippen LogP) is 0.883. The van der Waals surface area contributed by atoms with Crippen LogP contribution in [0.15, 0.2) is 0 Å². The van der Waals surface area contributed by atoms with Crippen LogP contribution in [0, 0.1) is 0 Å². The van der Waals surface area contributed by atoms with Gasteiger partial charge in [0.25, 0.3) is 0 Å². The number of amides is 2. The molecule has 0 saturated carbocycles. The SMILES string of the molecule is CN(C)C(=O)N(C)C1CC2CCC(C1)N2. The summed E-state index contributed by atoms with van der Waals surface area (Å²) < 4.78 is 0. The molecule has 2 atom stereocenters. The highest BCUT2D eigenvalue weighted by Crippen LogP contribution is 2.29. The van der Waals surface area contributed by atoms with Gasteiger partial charge in [-0.05, 0) is 25.7 Å². The first-order valence-electron chi connectivity index (χ1n) is 5.78. The van der Waals surface area contributed by atoms with Gasteiger partial charge >= 0.3 is 6.03 Å². The van der Waals surface area contributed by atoms with Gasteiger partial charge in [-0.25, -0.2) is 4.79 Å². The molecule has 0 aromatic rings. The first-order chi connectivity index (χ1) is 7.08. The van der Waals surface area contributed by atoms with Gasteiger partial charge in [-0.2, -0.15) is 0 Å². The Labute approximate surface area is 91.6 Å². The Morgan fingerprint density at radius 2 is 1.67 bits per heavy atom. The minimum atomic E-state index is 0.126. The summed E-state index contributed by atoms with van der Waals surface area (Å²) in [5.74, 6) is 0. The molecule has 0 aliphatic carbocycles. The van der Waals surface area contributed by atoms with Crippen molar-refractivity contribution >= 4 is 6.03 Å². The second-order valence-electron chi connectivity index (χ2n) is 5.05. The fraction of sp³-hybridized carbons (Fsp3) is 0.909. The van der Waals surface area contributed by atoms with Gasteiger partial charge in [-0.1, -0.05) is 0 Å². The smallest absolute Gasteiger partial charge is 0.319 e. The van der Waals surface area contributed by atoms with Crippen LogP contribution in [-0.4, -0.2) is 55.1 Å². The van der Waals surface area contributed by atoms with Crippen molar-refractivity contribution in [1.82, 2.24) is 15.1 Å². The standard InChI is InChI=1S/C11H21N3O/c1-13(2)11(15)14(3)10-6-8-4-5-9(7-10)12-8/h8-10,12H,4-7H2,1-3H3. The molecule has 1 N–H and O–H groups in total. The lowest BCUT2D eigenvalue weighted by Gasteiger charge is -2.36. The monoisotopic (exact) mass is 211 g/mol. The second-order valence-corrected chi connectivity index (χ2v) is 5.05. The Morgan fingerprint density at radius 3 is 2.13 bits per heavy atom. The van der Waals surface area contributed by atoms with E-state index < -0.39 is 0 Å². The van der Waals surface area contributed by atoms with Crippen molar-refractivity contribution in [2.24, 2.45) is 0 Å². The minimum absolute atomic E-state index is 0.126. The molecule has 0 radical (unpaired) electrons. The van der Waals surface area contributed by atoms with E-state index in [4.69, 9.17) is 0 Å². The van der Waals surface area contributed by atoms with Gasteiger partial charge < -0.3 is 15.1 Å². The van der Waals surface area contributed by atoms with Gasteiger partial charge in [0.05, 0.1) is 0 Å². The molecule has 0 aromatic carbocycles. The number of piperidine rings is 1. The number of carbonyl (C=O) groups excluding carboxylic acids is 1. The van der Waals surface area contributed by atoms with Gasteiger partial charge in [0.15, 0.2) is 0 Å². The molecule has 4 heteroatoms. The fourth-order valence-electron chi connectivity index (χ4n) is 2.82. The molecule has 2 fully saturated rings. The van der Waals surface area contributed by atoms with Crippen LogP contribution in [0.25, 0.3) is 0 Å². The molecule has 2 amide bonds. The largest absolute Gasteiger partial charge is 0.331 e. The Balaban J connectivity index is 1.96. The van der Waals surface area contributed by atoms with Crippen molar-refractivity contribution in [2.75, 3.05) is 21.1 Å². The van der Waals surface area contributed by atoms with Crippen LogP contribution >= 0.6 is 0 Å². The van der Waals surface area contributed by atoms with Gasteiger partial charge in [-0.15, -0.1) is 0 Å². The van der Waals surface area contributed by atoms with E-state index in [1.165, 1.54) is 12.8 Å². The number of hydrogen-bond donors (Lipinski definition) is 1. The molecule has 2 aliphatic rings. The maximum absolute atomic E-state index is 11.8. The van der Waals surface area contributed by atoms with Crippen molar-refractivity contribution in [3.05, 3.63) is 0 Å². The van der Waals surface area contributed by atoms with E-state index >= 15 is 0 Å². The van der Waals surface area contributed by atoms with Crippen LogP contribution in [0.4, 0.5) is 4.79 Å². The predicted molar refractivity (Wildman–Crippen MR) is 59.8 cm³/mol. The Bertz CT molecular complexity index is 242. The zero-order valence-corrected chi connectivity index (χ0v) is 9.86. The highest BCUT2D eigenvalue weighted by molar-refractivity contribution is 5.73. The highest BCUT2D eigenvalue weighted by Gasteiger charge is 2.36. The number of urea groups is 1. The molecule has 2 aliphatic heterocycles. The quantitative estimate of drug-likeness (QED) is 0.699. The summed E-state index contributed by atoms with van der Waals surface area (Å²) in [6.07, 6.45) is 4.80.